The van der Waals surface area contributed by atoms with E-state index in [0.717, 1.165) is 50.6 Å². The molecule has 0 spiro atoms. The quantitative estimate of drug-likeness (QED) is 0.176. The van der Waals surface area contributed by atoms with Crippen molar-refractivity contribution in [3.63, 3.8) is 0 Å². The van der Waals surface area contributed by atoms with Crippen molar-refractivity contribution < 1.29 is 4.74 Å². The third-order valence-corrected chi connectivity index (χ3v) is 10.3. The molecule has 0 saturated heterocycles. The minimum absolute atomic E-state index is 0.877. The van der Waals surface area contributed by atoms with Gasteiger partial charge in [-0.1, -0.05) is 158 Å². The molecule has 52 heavy (non-hydrogen) atoms. The lowest BCUT2D eigenvalue weighted by atomic mass is 9.91. The largest absolute Gasteiger partial charge is 0.456 e. The predicted octanol–water partition coefficient (Wildman–Crippen LogP) is 14.2. The first kappa shape index (κ1) is 30.0. The summed E-state index contributed by atoms with van der Waals surface area (Å²) in [5.41, 5.74) is 12.6. The fraction of sp³-hybridized carbons (Fsp3) is 0. The van der Waals surface area contributed by atoms with Crippen LogP contribution >= 0.6 is 0 Å². The average molecular weight is 664 g/mol. The number of ether oxygens (including phenoxy) is 1. The molecule has 0 aliphatic carbocycles. The van der Waals surface area contributed by atoms with Crippen molar-refractivity contribution in [1.29, 1.82) is 0 Å². The molecule has 0 amide bonds. The molecule has 1 heterocycles. The van der Waals surface area contributed by atoms with E-state index in [1.807, 2.05) is 0 Å². The van der Waals surface area contributed by atoms with Crippen LogP contribution in [-0.4, -0.2) is 0 Å². The maximum atomic E-state index is 6.49. The van der Waals surface area contributed by atoms with Gasteiger partial charge in [0.2, 0.25) is 0 Å². The topological polar surface area (TPSA) is 12.5 Å². The third-order valence-electron chi connectivity index (χ3n) is 10.3. The normalized spacial score (nSPS) is 11.6. The molecule has 0 bridgehead atoms. The van der Waals surface area contributed by atoms with Gasteiger partial charge in [0, 0.05) is 27.8 Å². The Morgan fingerprint density at radius 2 is 0.904 bits per heavy atom. The molecule has 9 aromatic carbocycles. The lowest BCUT2D eigenvalue weighted by molar-refractivity contribution is 0.487. The summed E-state index contributed by atoms with van der Waals surface area (Å²) in [5.74, 6) is 1.78. The molecule has 0 unspecified atom stereocenters. The predicted molar refractivity (Wildman–Crippen MR) is 218 cm³/mol. The van der Waals surface area contributed by atoms with Crippen LogP contribution in [0, 0.1) is 0 Å². The molecule has 0 N–H and O–H groups in total. The molecule has 0 saturated carbocycles. The molecule has 9 aromatic rings. The van der Waals surface area contributed by atoms with E-state index in [1.54, 1.807) is 0 Å². The van der Waals surface area contributed by atoms with Gasteiger partial charge in [-0.15, -0.1) is 0 Å². The summed E-state index contributed by atoms with van der Waals surface area (Å²) in [7, 11) is 0. The third kappa shape index (κ3) is 5.04. The van der Waals surface area contributed by atoms with Crippen LogP contribution in [0.15, 0.2) is 200 Å². The fourth-order valence-electron chi connectivity index (χ4n) is 7.84. The van der Waals surface area contributed by atoms with Crippen LogP contribution in [0.1, 0.15) is 0 Å². The number of fused-ring (bicyclic) bond motifs is 3. The number of hydrogen-bond acceptors (Lipinski definition) is 2. The minimum Gasteiger partial charge on any atom is -0.456 e. The maximum absolute atomic E-state index is 6.49. The molecule has 0 fully saturated rings. The Morgan fingerprint density at radius 3 is 1.73 bits per heavy atom. The molecule has 10 rings (SSSR count). The van der Waals surface area contributed by atoms with E-state index in [-0.39, 0.29) is 0 Å². The van der Waals surface area contributed by atoms with E-state index in [1.165, 1.54) is 44.0 Å². The molecule has 2 nitrogen and oxygen atoms in total. The number of benzene rings is 9. The SMILES string of the molecule is c1ccc(-c2ccc(N(c3ccccc3-c3ccc4c(c3)-c3cccc5cccc(c35)O4)c3ccccc3-c3cccc4ccccc34)cc2)cc1. The van der Waals surface area contributed by atoms with Crippen molar-refractivity contribution in [3.8, 4) is 56.0 Å². The highest BCUT2D eigenvalue weighted by atomic mass is 16.5. The monoisotopic (exact) mass is 663 g/mol. The number of hydrogen-bond donors (Lipinski definition) is 0. The number of rotatable bonds is 6. The summed E-state index contributed by atoms with van der Waals surface area (Å²) >= 11 is 0. The smallest absolute Gasteiger partial charge is 0.135 e. The summed E-state index contributed by atoms with van der Waals surface area (Å²) in [5, 5.41) is 4.80. The van der Waals surface area contributed by atoms with Gasteiger partial charge in [0.25, 0.3) is 0 Å². The molecule has 0 radical (unpaired) electrons. The Balaban J connectivity index is 1.18. The van der Waals surface area contributed by atoms with Crippen molar-refractivity contribution in [1.82, 2.24) is 0 Å². The summed E-state index contributed by atoms with van der Waals surface area (Å²) in [6.07, 6.45) is 0. The van der Waals surface area contributed by atoms with Gasteiger partial charge in [-0.2, -0.15) is 0 Å². The van der Waals surface area contributed by atoms with Crippen molar-refractivity contribution in [3.05, 3.63) is 200 Å². The zero-order chi connectivity index (χ0) is 34.4. The second-order valence-corrected chi connectivity index (χ2v) is 13.3. The van der Waals surface area contributed by atoms with Crippen molar-refractivity contribution in [2.75, 3.05) is 4.90 Å². The van der Waals surface area contributed by atoms with E-state index in [0.29, 0.717) is 0 Å². The van der Waals surface area contributed by atoms with E-state index < -0.39 is 0 Å². The Bertz CT molecular complexity index is 2760. The molecule has 1 aliphatic heterocycles. The zero-order valence-corrected chi connectivity index (χ0v) is 28.4. The minimum atomic E-state index is 0.877. The second kappa shape index (κ2) is 12.5. The highest BCUT2D eigenvalue weighted by Crippen LogP contribution is 2.50. The van der Waals surface area contributed by atoms with Crippen LogP contribution in [0.2, 0.25) is 0 Å². The Labute approximate surface area is 303 Å². The summed E-state index contributed by atoms with van der Waals surface area (Å²) in [6, 6.07) is 71.7. The van der Waals surface area contributed by atoms with Crippen LogP contribution in [-0.2, 0) is 0 Å². The van der Waals surface area contributed by atoms with Crippen LogP contribution < -0.4 is 9.64 Å². The standard InChI is InChI=1S/C50H33NO/c1-2-13-34(14-3-1)35-27-30-39(31-28-35)51(47-25-9-7-21-43(47)42-22-10-16-36-15-4-5-19-40(36)42)46-24-8-6-20-41(46)38-29-32-48-45(33-38)44-23-11-17-37-18-12-26-49(52-48)50(37)44/h1-33H. The Kier molecular flexibility index (Phi) is 7.18. The van der Waals surface area contributed by atoms with Gasteiger partial charge in [0.05, 0.1) is 11.4 Å². The first-order valence-electron chi connectivity index (χ1n) is 17.8. The van der Waals surface area contributed by atoms with Gasteiger partial charge in [-0.05, 0) is 86.4 Å². The second-order valence-electron chi connectivity index (χ2n) is 13.3. The van der Waals surface area contributed by atoms with Gasteiger partial charge in [-0.25, -0.2) is 0 Å². The highest BCUT2D eigenvalue weighted by Gasteiger charge is 2.24. The number of nitrogens with zero attached hydrogens (tertiary/aromatic N) is 1. The molecule has 0 atom stereocenters. The van der Waals surface area contributed by atoms with Gasteiger partial charge >= 0.3 is 0 Å². The van der Waals surface area contributed by atoms with Gasteiger partial charge < -0.3 is 9.64 Å². The van der Waals surface area contributed by atoms with Crippen LogP contribution in [0.3, 0.4) is 0 Å². The fourth-order valence-corrected chi connectivity index (χ4v) is 7.84. The first-order chi connectivity index (χ1) is 25.8. The lowest BCUT2D eigenvalue weighted by Gasteiger charge is -2.30. The highest BCUT2D eigenvalue weighted by molar-refractivity contribution is 6.06. The zero-order valence-electron chi connectivity index (χ0n) is 28.4. The Hall–Kier alpha value is -6.90. The van der Waals surface area contributed by atoms with E-state index in [9.17, 15) is 0 Å². The van der Waals surface area contributed by atoms with Gasteiger partial charge in [-0.3, -0.25) is 0 Å². The molecule has 2 heteroatoms. The summed E-state index contributed by atoms with van der Waals surface area (Å²) < 4.78 is 6.49. The molecule has 244 valence electrons. The van der Waals surface area contributed by atoms with E-state index >= 15 is 0 Å². The molecule has 1 aliphatic rings. The Morgan fingerprint density at radius 1 is 0.327 bits per heavy atom. The molecular formula is C50H33NO. The van der Waals surface area contributed by atoms with Crippen LogP contribution in [0.5, 0.6) is 11.5 Å². The summed E-state index contributed by atoms with van der Waals surface area (Å²) in [6.45, 7) is 0. The number of anilines is 3. The van der Waals surface area contributed by atoms with Gasteiger partial charge in [0.1, 0.15) is 11.5 Å². The van der Waals surface area contributed by atoms with Crippen molar-refractivity contribution >= 4 is 38.6 Å². The van der Waals surface area contributed by atoms with Gasteiger partial charge in [0.15, 0.2) is 0 Å². The van der Waals surface area contributed by atoms with E-state index in [4.69, 9.17) is 4.74 Å². The van der Waals surface area contributed by atoms with Crippen molar-refractivity contribution in [2.45, 2.75) is 0 Å². The summed E-state index contributed by atoms with van der Waals surface area (Å²) in [4.78, 5) is 2.42. The molecule has 0 aromatic heterocycles. The van der Waals surface area contributed by atoms with Crippen molar-refractivity contribution in [2.24, 2.45) is 0 Å². The average Bonchev–Trinajstić information content (AvgIpc) is 3.22. The van der Waals surface area contributed by atoms with E-state index in [2.05, 4.69) is 205 Å². The maximum Gasteiger partial charge on any atom is 0.135 e. The first-order valence-corrected chi connectivity index (χ1v) is 17.8. The van der Waals surface area contributed by atoms with Crippen LogP contribution in [0.4, 0.5) is 17.1 Å². The number of para-hydroxylation sites is 2. The molecular weight excluding hydrogens is 631 g/mol. The van der Waals surface area contributed by atoms with Crippen LogP contribution in [0.25, 0.3) is 66.1 Å². The lowest BCUT2D eigenvalue weighted by Crippen LogP contribution is -2.12.